The third-order valence-electron chi connectivity index (χ3n) is 5.72. The van der Waals surface area contributed by atoms with Gasteiger partial charge in [0.15, 0.2) is 0 Å². The Kier molecular flexibility index (Phi) is 10.7. The molecule has 0 fully saturated rings. The van der Waals surface area contributed by atoms with Gasteiger partial charge in [0.25, 0.3) is 0 Å². The zero-order chi connectivity index (χ0) is 26.6. The molecule has 4 N–H and O–H groups in total. The second-order valence-electron chi connectivity index (χ2n) is 8.51. The molecule has 4 rings (SSSR count). The van der Waals surface area contributed by atoms with Crippen LogP contribution in [0.4, 0.5) is 10.1 Å². The maximum Gasteiger partial charge on any atom is 0.303 e. The topological polar surface area (TPSA) is 108 Å². The normalized spacial score (nSPS) is 12.4. The molecule has 7 nitrogen and oxygen atoms in total. The number of ether oxygens (including phenoxy) is 1. The molecule has 1 aliphatic rings. The molecule has 0 aromatic heterocycles. The van der Waals surface area contributed by atoms with Crippen LogP contribution in [0.25, 0.3) is 0 Å². The number of carboxylic acids is 2. The highest BCUT2D eigenvalue weighted by molar-refractivity contribution is 6.33. The van der Waals surface area contributed by atoms with Crippen molar-refractivity contribution in [3.05, 3.63) is 93.8 Å². The number of fused-ring (bicyclic) bond motifs is 1. The summed E-state index contributed by atoms with van der Waals surface area (Å²) in [6.07, 6.45) is 1.41. The van der Waals surface area contributed by atoms with Gasteiger partial charge in [0.1, 0.15) is 18.2 Å². The van der Waals surface area contributed by atoms with E-state index in [1.807, 2.05) is 36.4 Å². The molecule has 0 aliphatic carbocycles. The molecule has 0 unspecified atom stereocenters. The highest BCUT2D eigenvalue weighted by atomic mass is 35.5. The zero-order valence-electron chi connectivity index (χ0n) is 20.3. The molecule has 0 bridgehead atoms. The van der Waals surface area contributed by atoms with Crippen LogP contribution in [0.15, 0.2) is 60.7 Å². The fourth-order valence-electron chi connectivity index (χ4n) is 3.84. The van der Waals surface area contributed by atoms with Crippen LogP contribution in [-0.4, -0.2) is 35.2 Å². The number of benzene rings is 3. The molecule has 0 radical (unpaired) electrons. The minimum Gasteiger partial charge on any atom is -0.489 e. The minimum absolute atomic E-state index is 0.249. The summed E-state index contributed by atoms with van der Waals surface area (Å²) in [4.78, 5) is 19.3. The smallest absolute Gasteiger partial charge is 0.303 e. The van der Waals surface area contributed by atoms with Gasteiger partial charge in [-0.05, 0) is 78.5 Å². The van der Waals surface area contributed by atoms with Crippen molar-refractivity contribution in [2.24, 2.45) is 0 Å². The molecular weight excluding hydrogens is 499 g/mol. The maximum atomic E-state index is 13.3. The van der Waals surface area contributed by atoms with Gasteiger partial charge in [0, 0.05) is 6.54 Å². The first kappa shape index (κ1) is 28.0. The summed E-state index contributed by atoms with van der Waals surface area (Å²) < 4.78 is 19.0. The highest BCUT2D eigenvalue weighted by Crippen LogP contribution is 2.31. The van der Waals surface area contributed by atoms with Crippen LogP contribution in [0, 0.1) is 5.82 Å². The summed E-state index contributed by atoms with van der Waals surface area (Å²) in [6.45, 7) is 3.01. The number of rotatable bonds is 9. The fourth-order valence-corrected chi connectivity index (χ4v) is 4.08. The van der Waals surface area contributed by atoms with Gasteiger partial charge in [-0.2, -0.15) is 0 Å². The summed E-state index contributed by atoms with van der Waals surface area (Å²) in [7, 11) is 0. The van der Waals surface area contributed by atoms with Gasteiger partial charge < -0.3 is 25.6 Å². The zero-order valence-corrected chi connectivity index (χ0v) is 21.1. The SMILES string of the molecule is Fc1cccc(COc2ccc(CNc3c(Cl)ccc4c3CCNCC4)cc2)c1.O=C(O)CCC(=O)O. The third kappa shape index (κ3) is 9.40. The van der Waals surface area contributed by atoms with Crippen molar-refractivity contribution in [1.82, 2.24) is 5.32 Å². The molecule has 0 spiro atoms. The Bertz CT molecular complexity index is 1190. The summed E-state index contributed by atoms with van der Waals surface area (Å²) >= 11 is 6.49. The summed E-state index contributed by atoms with van der Waals surface area (Å²) in [6, 6.07) is 18.5. The first-order valence-electron chi connectivity index (χ1n) is 12.0. The van der Waals surface area contributed by atoms with Crippen molar-refractivity contribution in [3.63, 3.8) is 0 Å². The van der Waals surface area contributed by atoms with E-state index in [4.69, 9.17) is 26.6 Å². The Labute approximate surface area is 220 Å². The Hall–Kier alpha value is -3.62. The van der Waals surface area contributed by atoms with Gasteiger partial charge in [-0.1, -0.05) is 41.9 Å². The van der Waals surface area contributed by atoms with Crippen molar-refractivity contribution in [1.29, 1.82) is 0 Å². The maximum absolute atomic E-state index is 13.3. The fraction of sp³-hybridized carbons (Fsp3) is 0.286. The monoisotopic (exact) mass is 528 g/mol. The average molecular weight is 529 g/mol. The molecule has 9 heteroatoms. The van der Waals surface area contributed by atoms with Crippen molar-refractivity contribution >= 4 is 29.2 Å². The second-order valence-corrected chi connectivity index (χ2v) is 8.92. The Morgan fingerprint density at radius 1 is 0.946 bits per heavy atom. The number of carbonyl (C=O) groups is 2. The average Bonchev–Trinajstić information content (AvgIpc) is 3.12. The summed E-state index contributed by atoms with van der Waals surface area (Å²) in [5.41, 5.74) is 5.67. The van der Waals surface area contributed by atoms with E-state index in [0.29, 0.717) is 13.2 Å². The van der Waals surface area contributed by atoms with Gasteiger partial charge in [-0.3, -0.25) is 9.59 Å². The molecule has 3 aromatic rings. The van der Waals surface area contributed by atoms with E-state index in [1.54, 1.807) is 6.07 Å². The number of carboxylic acid groups (broad SMARTS) is 2. The van der Waals surface area contributed by atoms with E-state index in [2.05, 4.69) is 16.7 Å². The van der Waals surface area contributed by atoms with E-state index in [0.717, 1.165) is 53.5 Å². The Morgan fingerprint density at radius 2 is 1.65 bits per heavy atom. The van der Waals surface area contributed by atoms with E-state index in [1.165, 1.54) is 23.3 Å². The predicted octanol–water partition coefficient (Wildman–Crippen LogP) is 5.29. The van der Waals surface area contributed by atoms with Gasteiger partial charge in [-0.25, -0.2) is 4.39 Å². The van der Waals surface area contributed by atoms with E-state index >= 15 is 0 Å². The van der Waals surface area contributed by atoms with Crippen molar-refractivity contribution in [3.8, 4) is 5.75 Å². The van der Waals surface area contributed by atoms with Crippen molar-refractivity contribution < 1.29 is 28.9 Å². The summed E-state index contributed by atoms with van der Waals surface area (Å²) in [5.74, 6) is -1.64. The lowest BCUT2D eigenvalue weighted by atomic mass is 10.0. The lowest BCUT2D eigenvalue weighted by molar-refractivity contribution is -0.143. The standard InChI is InChI=1S/C24H24ClFN2O.C4H6O4/c25-23-9-6-19-10-12-27-13-11-22(19)24(23)28-15-17-4-7-21(8-5-17)29-16-18-2-1-3-20(26)14-18;5-3(6)1-2-4(7)8/h1-9,14,27-28H,10-13,15-16H2;1-2H2,(H,5,6)(H,7,8). The van der Waals surface area contributed by atoms with E-state index in [-0.39, 0.29) is 18.7 Å². The van der Waals surface area contributed by atoms with Crippen LogP contribution in [-0.2, 0) is 35.6 Å². The van der Waals surface area contributed by atoms with Gasteiger partial charge >= 0.3 is 11.9 Å². The summed E-state index contributed by atoms with van der Waals surface area (Å²) in [5, 5.41) is 23.5. The van der Waals surface area contributed by atoms with Crippen molar-refractivity contribution in [2.45, 2.75) is 38.8 Å². The number of anilines is 1. The lowest BCUT2D eigenvalue weighted by Crippen LogP contribution is -2.16. The predicted molar refractivity (Wildman–Crippen MR) is 141 cm³/mol. The highest BCUT2D eigenvalue weighted by Gasteiger charge is 2.14. The molecule has 0 saturated heterocycles. The first-order valence-corrected chi connectivity index (χ1v) is 12.3. The Balaban J connectivity index is 0.000000414. The minimum atomic E-state index is -1.08. The number of halogens is 2. The molecule has 37 heavy (non-hydrogen) atoms. The number of nitrogens with one attached hydrogen (secondary N) is 2. The Morgan fingerprint density at radius 3 is 2.32 bits per heavy atom. The number of hydrogen-bond donors (Lipinski definition) is 4. The van der Waals surface area contributed by atoms with Crippen LogP contribution in [0.2, 0.25) is 5.02 Å². The first-order chi connectivity index (χ1) is 17.8. The molecule has 0 atom stereocenters. The molecule has 0 amide bonds. The van der Waals surface area contributed by atoms with Gasteiger partial charge in [-0.15, -0.1) is 0 Å². The van der Waals surface area contributed by atoms with E-state index < -0.39 is 11.9 Å². The van der Waals surface area contributed by atoms with Gasteiger partial charge in [0.05, 0.1) is 23.6 Å². The second kappa shape index (κ2) is 14.2. The molecule has 0 saturated carbocycles. The molecule has 1 aliphatic heterocycles. The quantitative estimate of drug-likeness (QED) is 0.299. The third-order valence-corrected chi connectivity index (χ3v) is 6.04. The van der Waals surface area contributed by atoms with Crippen LogP contribution in [0.5, 0.6) is 5.75 Å². The molecule has 196 valence electrons. The largest absolute Gasteiger partial charge is 0.489 e. The van der Waals surface area contributed by atoms with Crippen LogP contribution in [0.3, 0.4) is 0 Å². The van der Waals surface area contributed by atoms with Crippen LogP contribution in [0.1, 0.15) is 35.1 Å². The molecular formula is C28H30ClFN2O5. The van der Waals surface area contributed by atoms with E-state index in [9.17, 15) is 14.0 Å². The van der Waals surface area contributed by atoms with Gasteiger partial charge in [0.2, 0.25) is 0 Å². The number of hydrogen-bond acceptors (Lipinski definition) is 5. The van der Waals surface area contributed by atoms with Crippen LogP contribution < -0.4 is 15.4 Å². The number of aliphatic carboxylic acids is 2. The lowest BCUT2D eigenvalue weighted by Gasteiger charge is -2.16. The van der Waals surface area contributed by atoms with Crippen molar-refractivity contribution in [2.75, 3.05) is 18.4 Å². The molecule has 1 heterocycles. The van der Waals surface area contributed by atoms with Crippen LogP contribution >= 0.6 is 11.6 Å². The molecule has 3 aromatic carbocycles.